The second kappa shape index (κ2) is 5.59. The van der Waals surface area contributed by atoms with Crippen molar-refractivity contribution in [2.24, 2.45) is 0 Å². The highest BCUT2D eigenvalue weighted by Gasteiger charge is 2.13. The van der Waals surface area contributed by atoms with E-state index in [1.807, 2.05) is 17.5 Å². The fourth-order valence-corrected chi connectivity index (χ4v) is 2.29. The lowest BCUT2D eigenvalue weighted by Crippen LogP contribution is -2.06. The summed E-state index contributed by atoms with van der Waals surface area (Å²) in [4.78, 5) is 11.4. The SMILES string of the molecule is O=[N+]([O-])c1ccc(F)cc1NCCc1cccs1. The van der Waals surface area contributed by atoms with E-state index in [9.17, 15) is 14.5 Å². The maximum absolute atomic E-state index is 13.1. The maximum atomic E-state index is 13.1. The molecule has 1 N–H and O–H groups in total. The highest BCUT2D eigenvalue weighted by molar-refractivity contribution is 7.09. The second-order valence-corrected chi connectivity index (χ2v) is 4.71. The second-order valence-electron chi connectivity index (χ2n) is 3.67. The van der Waals surface area contributed by atoms with Crippen LogP contribution in [0.1, 0.15) is 4.88 Å². The number of nitro groups is 1. The van der Waals surface area contributed by atoms with Gasteiger partial charge < -0.3 is 5.32 Å². The van der Waals surface area contributed by atoms with E-state index in [0.717, 1.165) is 18.6 Å². The molecule has 0 unspecified atom stereocenters. The maximum Gasteiger partial charge on any atom is 0.292 e. The van der Waals surface area contributed by atoms with Gasteiger partial charge in [-0.15, -0.1) is 11.3 Å². The van der Waals surface area contributed by atoms with Gasteiger partial charge in [0.1, 0.15) is 11.5 Å². The third-order valence-electron chi connectivity index (χ3n) is 2.42. The Bertz CT molecular complexity index is 543. The average Bonchev–Trinajstić information content (AvgIpc) is 2.82. The summed E-state index contributed by atoms with van der Waals surface area (Å²) in [5.74, 6) is -0.487. The zero-order valence-electron chi connectivity index (χ0n) is 9.43. The first kappa shape index (κ1) is 12.5. The lowest BCUT2D eigenvalue weighted by atomic mass is 10.2. The molecule has 6 heteroatoms. The molecule has 4 nitrogen and oxygen atoms in total. The van der Waals surface area contributed by atoms with Gasteiger partial charge in [-0.2, -0.15) is 0 Å². The molecule has 2 rings (SSSR count). The zero-order valence-corrected chi connectivity index (χ0v) is 10.2. The number of thiophene rings is 1. The number of nitro benzene ring substituents is 1. The minimum absolute atomic E-state index is 0.109. The Kier molecular flexibility index (Phi) is 3.88. The highest BCUT2D eigenvalue weighted by Crippen LogP contribution is 2.24. The van der Waals surface area contributed by atoms with Gasteiger partial charge in [0.15, 0.2) is 0 Å². The van der Waals surface area contributed by atoms with Crippen molar-refractivity contribution in [1.29, 1.82) is 0 Å². The number of hydrogen-bond acceptors (Lipinski definition) is 4. The van der Waals surface area contributed by atoms with Crippen LogP contribution in [0.15, 0.2) is 35.7 Å². The van der Waals surface area contributed by atoms with Crippen molar-refractivity contribution in [3.05, 3.63) is 56.5 Å². The molecule has 94 valence electrons. The summed E-state index contributed by atoms with van der Waals surface area (Å²) < 4.78 is 13.1. The molecule has 0 amide bonds. The largest absolute Gasteiger partial charge is 0.379 e. The molecular formula is C12H11FN2O2S. The molecule has 1 heterocycles. The quantitative estimate of drug-likeness (QED) is 0.666. The van der Waals surface area contributed by atoms with Crippen LogP contribution in [0, 0.1) is 15.9 Å². The first-order valence-electron chi connectivity index (χ1n) is 5.37. The van der Waals surface area contributed by atoms with E-state index >= 15 is 0 Å². The van der Waals surface area contributed by atoms with Crippen molar-refractivity contribution in [3.8, 4) is 0 Å². The molecule has 0 aliphatic heterocycles. The number of benzene rings is 1. The van der Waals surface area contributed by atoms with Crippen LogP contribution < -0.4 is 5.32 Å². The van der Waals surface area contributed by atoms with Gasteiger partial charge in [-0.3, -0.25) is 10.1 Å². The van der Waals surface area contributed by atoms with Crippen LogP contribution in [0.5, 0.6) is 0 Å². The lowest BCUT2D eigenvalue weighted by Gasteiger charge is -2.06. The molecule has 1 aromatic heterocycles. The van der Waals surface area contributed by atoms with Crippen LogP contribution in [0.2, 0.25) is 0 Å². The summed E-state index contributed by atoms with van der Waals surface area (Å²) in [6.07, 6.45) is 0.755. The molecule has 2 aromatic rings. The van der Waals surface area contributed by atoms with Gasteiger partial charge >= 0.3 is 0 Å². The third kappa shape index (κ3) is 3.04. The van der Waals surface area contributed by atoms with Crippen LogP contribution >= 0.6 is 11.3 Å². The van der Waals surface area contributed by atoms with Crippen LogP contribution in [-0.4, -0.2) is 11.5 Å². The minimum Gasteiger partial charge on any atom is -0.379 e. The van der Waals surface area contributed by atoms with E-state index in [4.69, 9.17) is 0 Å². The Labute approximate surface area is 107 Å². The number of nitrogens with zero attached hydrogens (tertiary/aromatic N) is 1. The van der Waals surface area contributed by atoms with Crippen molar-refractivity contribution < 1.29 is 9.31 Å². The van der Waals surface area contributed by atoms with E-state index in [1.165, 1.54) is 10.9 Å². The summed E-state index contributed by atoms with van der Waals surface area (Å²) >= 11 is 1.62. The van der Waals surface area contributed by atoms with Crippen LogP contribution in [0.25, 0.3) is 0 Å². The van der Waals surface area contributed by atoms with Gasteiger partial charge in [-0.05, 0) is 23.9 Å². The number of nitrogens with one attached hydrogen (secondary N) is 1. The molecular weight excluding hydrogens is 255 g/mol. The van der Waals surface area contributed by atoms with Crippen molar-refractivity contribution >= 4 is 22.7 Å². The van der Waals surface area contributed by atoms with E-state index in [0.29, 0.717) is 6.54 Å². The molecule has 1 aromatic carbocycles. The Morgan fingerprint density at radius 1 is 1.39 bits per heavy atom. The fourth-order valence-electron chi connectivity index (χ4n) is 1.58. The summed E-state index contributed by atoms with van der Waals surface area (Å²) in [5.41, 5.74) is 0.110. The molecule has 0 fully saturated rings. The standard InChI is InChI=1S/C12H11FN2O2S/c13-9-3-4-12(15(16)17)11(8-9)14-6-5-10-2-1-7-18-10/h1-4,7-8,14H,5-6H2. The normalized spacial score (nSPS) is 10.3. The van der Waals surface area contributed by atoms with E-state index in [-0.39, 0.29) is 11.4 Å². The Balaban J connectivity index is 2.03. The van der Waals surface area contributed by atoms with Crippen LogP contribution in [-0.2, 0) is 6.42 Å². The van der Waals surface area contributed by atoms with Gasteiger partial charge in [-0.25, -0.2) is 4.39 Å². The van der Waals surface area contributed by atoms with Crippen LogP contribution in [0.3, 0.4) is 0 Å². The van der Waals surface area contributed by atoms with E-state index in [1.54, 1.807) is 11.3 Å². The number of hydrogen-bond donors (Lipinski definition) is 1. The summed E-state index contributed by atoms with van der Waals surface area (Å²) in [7, 11) is 0. The lowest BCUT2D eigenvalue weighted by molar-refractivity contribution is -0.384. The average molecular weight is 266 g/mol. The topological polar surface area (TPSA) is 55.2 Å². The Morgan fingerprint density at radius 2 is 2.22 bits per heavy atom. The zero-order chi connectivity index (χ0) is 13.0. The minimum atomic E-state index is -0.521. The van der Waals surface area contributed by atoms with Gasteiger partial charge in [-0.1, -0.05) is 6.07 Å². The van der Waals surface area contributed by atoms with Crippen molar-refractivity contribution in [3.63, 3.8) is 0 Å². The first-order valence-corrected chi connectivity index (χ1v) is 6.25. The van der Waals surface area contributed by atoms with Crippen molar-refractivity contribution in [1.82, 2.24) is 0 Å². The number of rotatable bonds is 5. The van der Waals surface area contributed by atoms with Crippen molar-refractivity contribution in [2.45, 2.75) is 6.42 Å². The van der Waals surface area contributed by atoms with E-state index < -0.39 is 10.7 Å². The molecule has 0 saturated carbocycles. The number of halogens is 1. The highest BCUT2D eigenvalue weighted by atomic mass is 32.1. The molecule has 0 aliphatic rings. The fraction of sp³-hybridized carbons (Fsp3) is 0.167. The Hall–Kier alpha value is -1.95. The molecule has 0 radical (unpaired) electrons. The molecule has 0 spiro atoms. The molecule has 0 aliphatic carbocycles. The first-order chi connectivity index (χ1) is 8.66. The predicted molar refractivity (Wildman–Crippen MR) is 69.6 cm³/mol. The summed E-state index contributed by atoms with van der Waals surface area (Å²) in [5, 5.41) is 15.6. The Morgan fingerprint density at radius 3 is 2.89 bits per heavy atom. The van der Waals surface area contributed by atoms with E-state index in [2.05, 4.69) is 5.32 Å². The predicted octanol–water partition coefficient (Wildman–Crippen LogP) is 3.45. The third-order valence-corrected chi connectivity index (χ3v) is 3.36. The molecule has 0 atom stereocenters. The number of anilines is 1. The van der Waals surface area contributed by atoms with Crippen molar-refractivity contribution in [2.75, 3.05) is 11.9 Å². The molecule has 0 saturated heterocycles. The van der Waals surface area contributed by atoms with Gasteiger partial charge in [0, 0.05) is 23.6 Å². The smallest absolute Gasteiger partial charge is 0.292 e. The van der Waals surface area contributed by atoms with Gasteiger partial charge in [0.25, 0.3) is 5.69 Å². The molecule has 0 bridgehead atoms. The van der Waals surface area contributed by atoms with Gasteiger partial charge in [0.2, 0.25) is 0 Å². The van der Waals surface area contributed by atoms with Crippen LogP contribution in [0.4, 0.5) is 15.8 Å². The van der Waals surface area contributed by atoms with Gasteiger partial charge in [0.05, 0.1) is 4.92 Å². The summed E-state index contributed by atoms with van der Waals surface area (Å²) in [6, 6.07) is 7.34. The molecule has 18 heavy (non-hydrogen) atoms. The summed E-state index contributed by atoms with van der Waals surface area (Å²) in [6.45, 7) is 0.533. The monoisotopic (exact) mass is 266 g/mol.